The van der Waals surface area contributed by atoms with E-state index in [0.717, 1.165) is 39.2 Å². The van der Waals surface area contributed by atoms with E-state index in [1.807, 2.05) is 12.1 Å². The molecule has 2 nitrogen and oxygen atoms in total. The van der Waals surface area contributed by atoms with Gasteiger partial charge in [-0.2, -0.15) is 0 Å². The number of fused-ring (bicyclic) bond motifs is 12. The van der Waals surface area contributed by atoms with Gasteiger partial charge in [0.1, 0.15) is 0 Å². The molecule has 0 amide bonds. The van der Waals surface area contributed by atoms with Gasteiger partial charge in [0, 0.05) is 16.7 Å². The van der Waals surface area contributed by atoms with E-state index in [2.05, 4.69) is 206 Å². The maximum Gasteiger partial charge on any atom is 0.160 e. The molecular formula is C57H36N2. The summed E-state index contributed by atoms with van der Waals surface area (Å²) in [7, 11) is 0. The SMILES string of the molecule is c1ccc(-c2cc(-c3ccccc3)nc(-c3ccc(-c4cccc(-c5cc6ccccc6c6c5-c5ccccc5C65c6ccccc6-c6ccccc65)c4)cc3)n2)cc1. The molecule has 59 heavy (non-hydrogen) atoms. The van der Waals surface area contributed by atoms with Gasteiger partial charge in [-0.1, -0.05) is 200 Å². The van der Waals surface area contributed by atoms with Crippen molar-refractivity contribution < 1.29 is 0 Å². The van der Waals surface area contributed by atoms with Crippen molar-refractivity contribution in [2.24, 2.45) is 0 Å². The first-order chi connectivity index (χ1) is 29.3. The lowest BCUT2D eigenvalue weighted by Crippen LogP contribution is -2.26. The van der Waals surface area contributed by atoms with Crippen LogP contribution in [0.2, 0.25) is 0 Å². The lowest BCUT2D eigenvalue weighted by atomic mass is 9.69. The van der Waals surface area contributed by atoms with Gasteiger partial charge in [0.15, 0.2) is 5.82 Å². The number of aromatic nitrogens is 2. The van der Waals surface area contributed by atoms with Crippen molar-refractivity contribution in [2.45, 2.75) is 5.41 Å². The van der Waals surface area contributed by atoms with Crippen LogP contribution in [-0.4, -0.2) is 9.97 Å². The van der Waals surface area contributed by atoms with E-state index in [-0.39, 0.29) is 0 Å². The highest BCUT2D eigenvalue weighted by atomic mass is 14.9. The molecule has 2 aliphatic carbocycles. The van der Waals surface area contributed by atoms with Gasteiger partial charge in [-0.05, 0) is 95.7 Å². The second kappa shape index (κ2) is 13.2. The minimum absolute atomic E-state index is 0.428. The van der Waals surface area contributed by atoms with E-state index in [9.17, 15) is 0 Å². The largest absolute Gasteiger partial charge is 0.228 e. The van der Waals surface area contributed by atoms with E-state index in [1.54, 1.807) is 0 Å². The molecule has 0 bridgehead atoms. The van der Waals surface area contributed by atoms with Crippen LogP contribution in [-0.2, 0) is 5.41 Å². The van der Waals surface area contributed by atoms with Crippen LogP contribution in [0.15, 0.2) is 218 Å². The molecule has 10 aromatic rings. The van der Waals surface area contributed by atoms with Gasteiger partial charge in [0.05, 0.1) is 16.8 Å². The smallest absolute Gasteiger partial charge is 0.160 e. The van der Waals surface area contributed by atoms with Crippen molar-refractivity contribution in [1.29, 1.82) is 0 Å². The molecule has 1 heterocycles. The Morgan fingerprint density at radius 2 is 0.797 bits per heavy atom. The van der Waals surface area contributed by atoms with Crippen molar-refractivity contribution in [1.82, 2.24) is 9.97 Å². The topological polar surface area (TPSA) is 25.8 Å². The third-order valence-corrected chi connectivity index (χ3v) is 12.5. The number of nitrogens with zero attached hydrogens (tertiary/aromatic N) is 2. The van der Waals surface area contributed by atoms with Gasteiger partial charge in [-0.25, -0.2) is 9.97 Å². The summed E-state index contributed by atoms with van der Waals surface area (Å²) in [6.45, 7) is 0. The van der Waals surface area contributed by atoms with E-state index in [1.165, 1.54) is 66.4 Å². The normalized spacial score (nSPS) is 12.9. The van der Waals surface area contributed by atoms with Crippen molar-refractivity contribution in [3.05, 3.63) is 241 Å². The standard InChI is InChI=1S/C57H36N2/c1-3-16-38(17-4-1)52-36-53(39-18-5-2-6-19-39)59-56(58-52)40-32-30-37(31-33-40)41-21-15-22-42(34-41)48-35-43-20-7-8-23-44(43)55-54(48)47-26-11-14-29-51(47)57(55)49-27-12-9-24-45(49)46-25-10-13-28-50(46)57/h1-36H. The summed E-state index contributed by atoms with van der Waals surface area (Å²) in [4.78, 5) is 10.2. The van der Waals surface area contributed by atoms with Crippen LogP contribution < -0.4 is 0 Å². The Balaban J connectivity index is 1.01. The van der Waals surface area contributed by atoms with Crippen LogP contribution in [0.4, 0.5) is 0 Å². The van der Waals surface area contributed by atoms with E-state index in [4.69, 9.17) is 9.97 Å². The summed E-state index contributed by atoms with van der Waals surface area (Å²) >= 11 is 0. The first kappa shape index (κ1) is 33.5. The van der Waals surface area contributed by atoms with Crippen LogP contribution >= 0.6 is 0 Å². The highest BCUT2D eigenvalue weighted by molar-refractivity contribution is 6.09. The van der Waals surface area contributed by atoms with Gasteiger partial charge >= 0.3 is 0 Å². The summed E-state index contributed by atoms with van der Waals surface area (Å²) in [5.41, 5.74) is 20.0. The zero-order valence-electron chi connectivity index (χ0n) is 32.2. The summed E-state index contributed by atoms with van der Waals surface area (Å²) in [5, 5.41) is 2.55. The maximum atomic E-state index is 5.08. The monoisotopic (exact) mass is 748 g/mol. The molecule has 0 fully saturated rings. The van der Waals surface area contributed by atoms with Crippen molar-refractivity contribution in [2.75, 3.05) is 0 Å². The summed E-state index contributed by atoms with van der Waals surface area (Å²) in [5.74, 6) is 0.708. The molecule has 0 aliphatic heterocycles. The molecule has 12 rings (SSSR count). The number of hydrogen-bond acceptors (Lipinski definition) is 2. The van der Waals surface area contributed by atoms with Crippen molar-refractivity contribution in [3.8, 4) is 78.4 Å². The quantitative estimate of drug-likeness (QED) is 0.175. The van der Waals surface area contributed by atoms with E-state index < -0.39 is 5.41 Å². The molecule has 0 atom stereocenters. The summed E-state index contributed by atoms with van der Waals surface area (Å²) in [6, 6.07) is 79.2. The Morgan fingerprint density at radius 1 is 0.305 bits per heavy atom. The first-order valence-corrected chi connectivity index (χ1v) is 20.3. The van der Waals surface area contributed by atoms with Gasteiger partial charge in [-0.3, -0.25) is 0 Å². The van der Waals surface area contributed by atoms with Crippen LogP contribution in [0.3, 0.4) is 0 Å². The Bertz CT molecular complexity index is 3150. The van der Waals surface area contributed by atoms with Gasteiger partial charge < -0.3 is 0 Å². The maximum absolute atomic E-state index is 5.08. The lowest BCUT2D eigenvalue weighted by Gasteiger charge is -2.31. The van der Waals surface area contributed by atoms with E-state index >= 15 is 0 Å². The fourth-order valence-electron chi connectivity index (χ4n) is 9.97. The number of benzene rings is 9. The van der Waals surface area contributed by atoms with Gasteiger partial charge in [-0.15, -0.1) is 0 Å². The third kappa shape index (κ3) is 5.06. The van der Waals surface area contributed by atoms with Crippen molar-refractivity contribution in [3.63, 3.8) is 0 Å². The van der Waals surface area contributed by atoms with Crippen molar-refractivity contribution >= 4 is 10.8 Å². The zero-order chi connectivity index (χ0) is 38.9. The second-order valence-electron chi connectivity index (χ2n) is 15.6. The molecule has 1 aromatic heterocycles. The predicted octanol–water partition coefficient (Wildman–Crippen LogP) is 14.3. The Labute approximate surface area is 343 Å². The molecule has 2 aliphatic rings. The van der Waals surface area contributed by atoms with Gasteiger partial charge in [0.25, 0.3) is 0 Å². The molecule has 0 unspecified atom stereocenters. The Kier molecular flexibility index (Phi) is 7.48. The average molecular weight is 749 g/mol. The summed E-state index contributed by atoms with van der Waals surface area (Å²) < 4.78 is 0. The fraction of sp³-hybridized carbons (Fsp3) is 0.0175. The molecule has 274 valence electrons. The second-order valence-corrected chi connectivity index (χ2v) is 15.6. The minimum atomic E-state index is -0.428. The molecule has 0 saturated heterocycles. The highest BCUT2D eigenvalue weighted by Crippen LogP contribution is 2.65. The number of rotatable bonds is 5. The average Bonchev–Trinajstić information content (AvgIpc) is 3.80. The highest BCUT2D eigenvalue weighted by Gasteiger charge is 2.52. The molecule has 2 heteroatoms. The van der Waals surface area contributed by atoms with Crippen LogP contribution in [0.5, 0.6) is 0 Å². The van der Waals surface area contributed by atoms with E-state index in [0.29, 0.717) is 5.82 Å². The van der Waals surface area contributed by atoms with Gasteiger partial charge in [0.2, 0.25) is 0 Å². The molecule has 1 spiro atoms. The molecule has 0 N–H and O–H groups in total. The molecular weight excluding hydrogens is 713 g/mol. The fourth-order valence-corrected chi connectivity index (χ4v) is 9.97. The zero-order valence-corrected chi connectivity index (χ0v) is 32.2. The van der Waals surface area contributed by atoms with Crippen LogP contribution in [0.1, 0.15) is 22.3 Å². The third-order valence-electron chi connectivity index (χ3n) is 12.5. The first-order valence-electron chi connectivity index (χ1n) is 20.3. The molecule has 0 radical (unpaired) electrons. The number of hydrogen-bond donors (Lipinski definition) is 0. The summed E-state index contributed by atoms with van der Waals surface area (Å²) in [6.07, 6.45) is 0. The molecule has 9 aromatic carbocycles. The minimum Gasteiger partial charge on any atom is -0.228 e. The van der Waals surface area contributed by atoms with Crippen LogP contribution in [0, 0.1) is 0 Å². The van der Waals surface area contributed by atoms with Crippen LogP contribution in [0.25, 0.3) is 89.2 Å². The lowest BCUT2D eigenvalue weighted by molar-refractivity contribution is 0.801. The Morgan fingerprint density at radius 3 is 1.44 bits per heavy atom. The predicted molar refractivity (Wildman–Crippen MR) is 243 cm³/mol. The molecule has 0 saturated carbocycles. The Hall–Kier alpha value is -7.68.